The summed E-state index contributed by atoms with van der Waals surface area (Å²) in [5.74, 6) is 0.677. The number of hydrogen-bond acceptors (Lipinski definition) is 4. The third-order valence-electron chi connectivity index (χ3n) is 4.10. The van der Waals surface area contributed by atoms with Gasteiger partial charge in [0.1, 0.15) is 5.75 Å². The summed E-state index contributed by atoms with van der Waals surface area (Å²) in [5.41, 5.74) is 1.73. The average molecular weight is 381 g/mol. The Morgan fingerprint density at radius 1 is 1.04 bits per heavy atom. The van der Waals surface area contributed by atoms with Crippen molar-refractivity contribution in [2.24, 2.45) is 4.99 Å². The zero-order chi connectivity index (χ0) is 18.9. The highest BCUT2D eigenvalue weighted by Gasteiger charge is 2.24. The van der Waals surface area contributed by atoms with Crippen LogP contribution < -0.4 is 10.1 Å². The quantitative estimate of drug-likeness (QED) is 0.483. The number of amidine groups is 1. The Hall–Kier alpha value is -2.53. The van der Waals surface area contributed by atoms with Crippen LogP contribution in [0.3, 0.4) is 0 Å². The minimum absolute atomic E-state index is 0.132. The Bertz CT molecular complexity index is 831. The number of aliphatic imine (C=N–C) groups is 1. The van der Waals surface area contributed by atoms with Crippen LogP contribution in [0.5, 0.6) is 5.75 Å². The topological polar surface area (TPSA) is 50.7 Å². The van der Waals surface area contributed by atoms with Crippen LogP contribution in [-0.4, -0.2) is 17.7 Å². The second kappa shape index (κ2) is 9.97. The van der Waals surface area contributed by atoms with Crippen molar-refractivity contribution >= 4 is 34.6 Å². The van der Waals surface area contributed by atoms with Crippen molar-refractivity contribution in [3.8, 4) is 5.75 Å². The monoisotopic (exact) mass is 380 g/mol. The molecule has 1 aliphatic heterocycles. The van der Waals surface area contributed by atoms with Crippen LogP contribution in [0.4, 0.5) is 5.69 Å². The van der Waals surface area contributed by atoms with Crippen molar-refractivity contribution in [2.75, 3.05) is 6.61 Å². The SMILES string of the molecule is CCCCCCOc1ccccc1/C=C1\SC(=Nc2ccccc2)NC1=O. The number of nitrogens with zero attached hydrogens (tertiary/aromatic N) is 1. The van der Waals surface area contributed by atoms with Gasteiger partial charge in [0.15, 0.2) is 5.17 Å². The van der Waals surface area contributed by atoms with Crippen LogP contribution in [0.2, 0.25) is 0 Å². The molecule has 4 nitrogen and oxygen atoms in total. The predicted molar refractivity (Wildman–Crippen MR) is 113 cm³/mol. The number of para-hydroxylation sites is 2. The fourth-order valence-corrected chi connectivity index (χ4v) is 3.52. The molecule has 1 saturated heterocycles. The molecule has 0 saturated carbocycles. The predicted octanol–water partition coefficient (Wildman–Crippen LogP) is 5.54. The molecule has 1 fully saturated rings. The first-order chi connectivity index (χ1) is 13.3. The van der Waals surface area contributed by atoms with Gasteiger partial charge in [-0.05, 0) is 42.5 Å². The number of thioether (sulfide) groups is 1. The summed E-state index contributed by atoms with van der Waals surface area (Å²) >= 11 is 1.35. The number of carbonyl (C=O) groups is 1. The molecule has 0 radical (unpaired) electrons. The van der Waals surface area contributed by atoms with Crippen molar-refractivity contribution < 1.29 is 9.53 Å². The van der Waals surface area contributed by atoms with Gasteiger partial charge in [0.2, 0.25) is 0 Å². The van der Waals surface area contributed by atoms with Gasteiger partial charge in [-0.1, -0.05) is 62.6 Å². The molecule has 27 heavy (non-hydrogen) atoms. The molecular weight excluding hydrogens is 356 g/mol. The molecule has 0 aromatic heterocycles. The normalized spacial score (nSPS) is 16.7. The summed E-state index contributed by atoms with van der Waals surface area (Å²) in [6.45, 7) is 2.89. The Morgan fingerprint density at radius 2 is 1.81 bits per heavy atom. The van der Waals surface area contributed by atoms with Crippen LogP contribution in [0, 0.1) is 0 Å². The van der Waals surface area contributed by atoms with Crippen molar-refractivity contribution in [3.05, 3.63) is 65.1 Å². The minimum Gasteiger partial charge on any atom is -0.493 e. The molecule has 1 heterocycles. The molecule has 0 unspecified atom stereocenters. The molecule has 140 valence electrons. The first-order valence-corrected chi connectivity index (χ1v) is 10.1. The maximum absolute atomic E-state index is 12.3. The average Bonchev–Trinajstić information content (AvgIpc) is 3.02. The van der Waals surface area contributed by atoms with E-state index in [4.69, 9.17) is 4.74 Å². The number of carbonyl (C=O) groups excluding carboxylic acids is 1. The molecule has 0 atom stereocenters. The van der Waals surface area contributed by atoms with Crippen molar-refractivity contribution in [2.45, 2.75) is 32.6 Å². The summed E-state index contributed by atoms with van der Waals surface area (Å²) in [5, 5.41) is 3.42. The maximum Gasteiger partial charge on any atom is 0.264 e. The summed E-state index contributed by atoms with van der Waals surface area (Å²) in [6, 6.07) is 17.4. The van der Waals surface area contributed by atoms with Crippen molar-refractivity contribution in [3.63, 3.8) is 0 Å². The molecular formula is C22H24N2O2S. The fraction of sp³-hybridized carbons (Fsp3) is 0.273. The lowest BCUT2D eigenvalue weighted by molar-refractivity contribution is -0.115. The van der Waals surface area contributed by atoms with Gasteiger partial charge in [0, 0.05) is 5.56 Å². The molecule has 2 aromatic carbocycles. The van der Waals surface area contributed by atoms with Gasteiger partial charge < -0.3 is 10.1 Å². The lowest BCUT2D eigenvalue weighted by atomic mass is 10.2. The van der Waals surface area contributed by atoms with Gasteiger partial charge in [-0.3, -0.25) is 4.79 Å². The van der Waals surface area contributed by atoms with E-state index in [-0.39, 0.29) is 5.91 Å². The second-order valence-corrected chi connectivity index (χ2v) is 7.29. The molecule has 0 spiro atoms. The van der Waals surface area contributed by atoms with Crippen LogP contribution in [0.15, 0.2) is 64.5 Å². The third kappa shape index (κ3) is 5.73. The van der Waals surface area contributed by atoms with Crippen molar-refractivity contribution in [1.29, 1.82) is 0 Å². The molecule has 3 rings (SSSR count). The number of hydrogen-bond donors (Lipinski definition) is 1. The first kappa shape index (κ1) is 19.2. The minimum atomic E-state index is -0.132. The van der Waals surface area contributed by atoms with E-state index in [1.165, 1.54) is 31.0 Å². The maximum atomic E-state index is 12.3. The zero-order valence-electron chi connectivity index (χ0n) is 15.5. The first-order valence-electron chi connectivity index (χ1n) is 9.32. The number of amides is 1. The lowest BCUT2D eigenvalue weighted by Crippen LogP contribution is -2.19. The van der Waals surface area contributed by atoms with Gasteiger partial charge >= 0.3 is 0 Å². The van der Waals surface area contributed by atoms with E-state index in [0.29, 0.717) is 16.7 Å². The van der Waals surface area contributed by atoms with Crippen LogP contribution >= 0.6 is 11.8 Å². The fourth-order valence-electron chi connectivity index (χ4n) is 2.68. The van der Waals surface area contributed by atoms with E-state index in [9.17, 15) is 4.79 Å². The number of rotatable bonds is 8. The molecule has 1 amide bonds. The smallest absolute Gasteiger partial charge is 0.264 e. The summed E-state index contributed by atoms with van der Waals surface area (Å²) in [4.78, 5) is 17.4. The highest BCUT2D eigenvalue weighted by atomic mass is 32.2. The van der Waals surface area contributed by atoms with E-state index < -0.39 is 0 Å². The number of nitrogens with one attached hydrogen (secondary N) is 1. The van der Waals surface area contributed by atoms with Gasteiger partial charge in [0.25, 0.3) is 5.91 Å². The van der Waals surface area contributed by atoms with E-state index in [1.54, 1.807) is 0 Å². The molecule has 0 bridgehead atoms. The highest BCUT2D eigenvalue weighted by molar-refractivity contribution is 8.18. The molecule has 0 aliphatic carbocycles. The van der Waals surface area contributed by atoms with Gasteiger partial charge in [-0.2, -0.15) is 0 Å². The lowest BCUT2D eigenvalue weighted by Gasteiger charge is -2.09. The largest absolute Gasteiger partial charge is 0.493 e. The van der Waals surface area contributed by atoms with Crippen LogP contribution in [-0.2, 0) is 4.79 Å². The second-order valence-electron chi connectivity index (χ2n) is 6.26. The van der Waals surface area contributed by atoms with E-state index in [2.05, 4.69) is 17.2 Å². The number of ether oxygens (including phenoxy) is 1. The standard InChI is InChI=1S/C22H24N2O2S/c1-2-3-4-10-15-26-19-14-9-8-11-17(19)16-20-21(25)24-22(27-20)23-18-12-6-5-7-13-18/h5-9,11-14,16H,2-4,10,15H2,1H3,(H,23,24,25)/b20-16-. The van der Waals surface area contributed by atoms with Gasteiger partial charge in [-0.25, -0.2) is 4.99 Å². The number of benzene rings is 2. The molecule has 5 heteroatoms. The summed E-state index contributed by atoms with van der Waals surface area (Å²) < 4.78 is 5.94. The van der Waals surface area contributed by atoms with E-state index in [0.717, 1.165) is 23.4 Å². The van der Waals surface area contributed by atoms with Gasteiger partial charge in [-0.15, -0.1) is 0 Å². The van der Waals surface area contributed by atoms with Crippen LogP contribution in [0.25, 0.3) is 6.08 Å². The number of unbranched alkanes of at least 4 members (excludes halogenated alkanes) is 3. The third-order valence-corrected chi connectivity index (χ3v) is 5.01. The Kier molecular flexibility index (Phi) is 7.11. The Morgan fingerprint density at radius 3 is 2.63 bits per heavy atom. The molecule has 1 aliphatic rings. The van der Waals surface area contributed by atoms with Crippen molar-refractivity contribution in [1.82, 2.24) is 5.32 Å². The zero-order valence-corrected chi connectivity index (χ0v) is 16.3. The molecule has 1 N–H and O–H groups in total. The summed E-state index contributed by atoms with van der Waals surface area (Å²) in [6.07, 6.45) is 6.53. The highest BCUT2D eigenvalue weighted by Crippen LogP contribution is 2.30. The summed E-state index contributed by atoms with van der Waals surface area (Å²) in [7, 11) is 0. The molecule has 2 aromatic rings. The van der Waals surface area contributed by atoms with E-state index >= 15 is 0 Å². The van der Waals surface area contributed by atoms with Gasteiger partial charge in [0.05, 0.1) is 17.2 Å². The Balaban J connectivity index is 1.69. The Labute approximate surface area is 164 Å². The van der Waals surface area contributed by atoms with Crippen LogP contribution in [0.1, 0.15) is 38.2 Å². The van der Waals surface area contributed by atoms with E-state index in [1.807, 2.05) is 60.7 Å².